The average molecular weight is 364 g/mol. The Balaban J connectivity index is 1.38. The molecule has 5 heteroatoms. The number of Topliss-reactive ketones (excluding diaryl/α,β-unsaturated/α-hetero) is 1. The lowest BCUT2D eigenvalue weighted by molar-refractivity contribution is -0.141. The number of furan rings is 1. The van der Waals surface area contributed by atoms with Gasteiger partial charge < -0.3 is 13.9 Å². The molecule has 1 aliphatic rings. The summed E-state index contributed by atoms with van der Waals surface area (Å²) in [7, 11) is 1.58. The highest BCUT2D eigenvalue weighted by Crippen LogP contribution is 2.26. The molecule has 0 N–H and O–H groups in total. The fourth-order valence-electron chi connectivity index (χ4n) is 3.51. The van der Waals surface area contributed by atoms with Crippen LogP contribution in [0.1, 0.15) is 33.5 Å². The van der Waals surface area contributed by atoms with Gasteiger partial charge in [-0.05, 0) is 48.6 Å². The Bertz CT molecular complexity index is 1010. The third-order valence-corrected chi connectivity index (χ3v) is 4.98. The number of esters is 1. The van der Waals surface area contributed by atoms with Crippen molar-refractivity contribution in [3.63, 3.8) is 0 Å². The molecule has 2 aromatic carbocycles. The zero-order valence-corrected chi connectivity index (χ0v) is 15.1. The van der Waals surface area contributed by atoms with Gasteiger partial charge in [0.2, 0.25) is 0 Å². The summed E-state index contributed by atoms with van der Waals surface area (Å²) in [6, 6.07) is 11.2. The molecule has 0 radical (unpaired) electrons. The Morgan fingerprint density at radius 2 is 1.93 bits per heavy atom. The van der Waals surface area contributed by atoms with Crippen molar-refractivity contribution in [1.29, 1.82) is 0 Å². The largest absolute Gasteiger partial charge is 0.497 e. The van der Waals surface area contributed by atoms with Gasteiger partial charge in [0.15, 0.2) is 12.4 Å². The summed E-state index contributed by atoms with van der Waals surface area (Å²) in [6.07, 6.45) is 4.80. The predicted octanol–water partition coefficient (Wildman–Crippen LogP) is 3.90. The number of methoxy groups -OCH3 is 1. The van der Waals surface area contributed by atoms with Crippen LogP contribution in [0.4, 0.5) is 0 Å². The fourth-order valence-corrected chi connectivity index (χ4v) is 3.51. The molecule has 138 valence electrons. The van der Waals surface area contributed by atoms with E-state index in [4.69, 9.17) is 13.9 Å². The number of ketones is 1. The normalized spacial score (nSPS) is 12.8. The first-order valence-electron chi connectivity index (χ1n) is 8.99. The maximum atomic E-state index is 12.3. The van der Waals surface area contributed by atoms with Gasteiger partial charge >= 0.3 is 5.97 Å². The van der Waals surface area contributed by atoms with Crippen LogP contribution in [0.25, 0.3) is 11.0 Å². The van der Waals surface area contributed by atoms with E-state index in [9.17, 15) is 9.59 Å². The Labute approximate surface area is 156 Å². The minimum Gasteiger partial charge on any atom is -0.497 e. The molecular weight excluding hydrogens is 344 g/mol. The number of hydrogen-bond donors (Lipinski definition) is 0. The van der Waals surface area contributed by atoms with E-state index in [2.05, 4.69) is 0 Å². The molecule has 1 aliphatic carbocycles. The van der Waals surface area contributed by atoms with Crippen molar-refractivity contribution in [1.82, 2.24) is 0 Å². The van der Waals surface area contributed by atoms with E-state index in [0.29, 0.717) is 16.9 Å². The van der Waals surface area contributed by atoms with Crippen molar-refractivity contribution in [2.45, 2.75) is 25.7 Å². The van der Waals surface area contributed by atoms with Gasteiger partial charge in [0.25, 0.3) is 0 Å². The number of aryl methyl sites for hydroxylation is 2. The summed E-state index contributed by atoms with van der Waals surface area (Å²) in [5.74, 6) is 0.0498. The van der Waals surface area contributed by atoms with Crippen molar-refractivity contribution < 1.29 is 23.5 Å². The quantitative estimate of drug-likeness (QED) is 0.490. The molecule has 5 nitrogen and oxygen atoms in total. The molecule has 0 bridgehead atoms. The summed E-state index contributed by atoms with van der Waals surface area (Å²) in [5, 5.41) is 0.831. The third kappa shape index (κ3) is 3.58. The van der Waals surface area contributed by atoms with E-state index in [1.54, 1.807) is 13.2 Å². The van der Waals surface area contributed by atoms with Crippen LogP contribution in [-0.4, -0.2) is 25.5 Å². The van der Waals surface area contributed by atoms with Gasteiger partial charge in [0, 0.05) is 22.6 Å². The van der Waals surface area contributed by atoms with Gasteiger partial charge in [-0.3, -0.25) is 9.59 Å². The number of fused-ring (bicyclic) bond motifs is 2. The number of hydrogen-bond acceptors (Lipinski definition) is 5. The van der Waals surface area contributed by atoms with Gasteiger partial charge in [-0.15, -0.1) is 0 Å². The molecule has 3 aromatic rings. The molecule has 0 aliphatic heterocycles. The molecular formula is C22H20O5. The van der Waals surface area contributed by atoms with Crippen molar-refractivity contribution >= 4 is 22.7 Å². The first kappa shape index (κ1) is 17.3. The summed E-state index contributed by atoms with van der Waals surface area (Å²) in [6.45, 7) is -0.249. The molecule has 0 saturated heterocycles. The highest BCUT2D eigenvalue weighted by Gasteiger charge is 2.17. The maximum Gasteiger partial charge on any atom is 0.310 e. The summed E-state index contributed by atoms with van der Waals surface area (Å²) >= 11 is 0. The van der Waals surface area contributed by atoms with Crippen LogP contribution in [-0.2, 0) is 28.8 Å². The Morgan fingerprint density at radius 3 is 2.78 bits per heavy atom. The molecule has 0 spiro atoms. The first-order valence-corrected chi connectivity index (χ1v) is 8.99. The van der Waals surface area contributed by atoms with E-state index in [-0.39, 0.29) is 18.8 Å². The molecule has 0 fully saturated rings. The number of rotatable bonds is 6. The smallest absolute Gasteiger partial charge is 0.310 e. The van der Waals surface area contributed by atoms with Crippen molar-refractivity contribution in [3.05, 3.63) is 64.9 Å². The molecule has 1 heterocycles. The van der Waals surface area contributed by atoms with Crippen molar-refractivity contribution in [2.24, 2.45) is 0 Å². The fraction of sp³-hybridized carbons (Fsp3) is 0.273. The predicted molar refractivity (Wildman–Crippen MR) is 100 cm³/mol. The second-order valence-electron chi connectivity index (χ2n) is 6.72. The molecule has 1 aromatic heterocycles. The number of ether oxygens (including phenoxy) is 2. The molecule has 27 heavy (non-hydrogen) atoms. The van der Waals surface area contributed by atoms with E-state index < -0.39 is 5.97 Å². The lowest BCUT2D eigenvalue weighted by atomic mass is 10.0. The number of carbonyl (C=O) groups is 2. The highest BCUT2D eigenvalue weighted by atomic mass is 16.5. The molecule has 0 unspecified atom stereocenters. The lowest BCUT2D eigenvalue weighted by Crippen LogP contribution is -2.15. The topological polar surface area (TPSA) is 65.7 Å². The van der Waals surface area contributed by atoms with Crippen LogP contribution in [0.2, 0.25) is 0 Å². The Morgan fingerprint density at radius 1 is 1.07 bits per heavy atom. The summed E-state index contributed by atoms with van der Waals surface area (Å²) < 4.78 is 15.8. The molecule has 0 amide bonds. The zero-order chi connectivity index (χ0) is 18.8. The van der Waals surface area contributed by atoms with Crippen LogP contribution < -0.4 is 4.74 Å². The standard InChI is InChI=1S/C22H20O5/c1-25-18-7-8-19-17(12-26-21(19)11-18)10-22(24)27-13-20(23)16-6-5-14-3-2-4-15(14)9-16/h5-9,11-12H,2-4,10,13H2,1H3. The number of benzene rings is 2. The minimum absolute atomic E-state index is 0.0524. The van der Waals surface area contributed by atoms with Crippen LogP contribution in [0.5, 0.6) is 5.75 Å². The first-order chi connectivity index (χ1) is 13.1. The van der Waals surface area contributed by atoms with Crippen molar-refractivity contribution in [2.75, 3.05) is 13.7 Å². The van der Waals surface area contributed by atoms with Crippen LogP contribution in [0, 0.1) is 0 Å². The van der Waals surface area contributed by atoms with E-state index in [1.165, 1.54) is 17.4 Å². The third-order valence-electron chi connectivity index (χ3n) is 4.98. The second-order valence-corrected chi connectivity index (χ2v) is 6.72. The van der Waals surface area contributed by atoms with E-state index in [1.807, 2.05) is 30.3 Å². The van der Waals surface area contributed by atoms with E-state index >= 15 is 0 Å². The highest BCUT2D eigenvalue weighted by molar-refractivity contribution is 5.98. The monoisotopic (exact) mass is 364 g/mol. The molecule has 0 atom stereocenters. The van der Waals surface area contributed by atoms with Gasteiger partial charge in [0.1, 0.15) is 11.3 Å². The van der Waals surface area contributed by atoms with Crippen molar-refractivity contribution in [3.8, 4) is 5.75 Å². The lowest BCUT2D eigenvalue weighted by Gasteiger charge is -2.06. The van der Waals surface area contributed by atoms with Crippen LogP contribution in [0.15, 0.2) is 47.1 Å². The minimum atomic E-state index is -0.456. The zero-order valence-electron chi connectivity index (χ0n) is 15.1. The van der Waals surface area contributed by atoms with Gasteiger partial charge in [0.05, 0.1) is 19.8 Å². The second kappa shape index (κ2) is 7.27. The SMILES string of the molecule is COc1ccc2c(CC(=O)OCC(=O)c3ccc4c(c3)CCC4)coc2c1. The van der Waals surface area contributed by atoms with Crippen LogP contribution >= 0.6 is 0 Å². The van der Waals surface area contributed by atoms with Gasteiger partial charge in [-0.25, -0.2) is 0 Å². The van der Waals surface area contributed by atoms with Gasteiger partial charge in [-0.2, -0.15) is 0 Å². The van der Waals surface area contributed by atoms with Crippen LogP contribution in [0.3, 0.4) is 0 Å². The van der Waals surface area contributed by atoms with Gasteiger partial charge in [-0.1, -0.05) is 12.1 Å². The average Bonchev–Trinajstić information content (AvgIpc) is 3.32. The Kier molecular flexibility index (Phi) is 4.67. The molecule has 4 rings (SSSR count). The molecule has 0 saturated carbocycles. The maximum absolute atomic E-state index is 12.3. The Hall–Kier alpha value is -3.08. The number of carbonyl (C=O) groups excluding carboxylic acids is 2. The summed E-state index contributed by atoms with van der Waals surface area (Å²) in [5.41, 5.74) is 4.51. The van der Waals surface area contributed by atoms with E-state index in [0.717, 1.165) is 30.2 Å². The summed E-state index contributed by atoms with van der Waals surface area (Å²) in [4.78, 5) is 24.5.